The third-order valence-corrected chi connectivity index (χ3v) is 4.57. The highest BCUT2D eigenvalue weighted by molar-refractivity contribution is 6.90. The van der Waals surface area contributed by atoms with Crippen LogP contribution in [-0.2, 0) is 9.31 Å². The molecule has 0 amide bonds. The third-order valence-electron chi connectivity index (χ3n) is 4.57. The average Bonchev–Trinajstić information content (AvgIpc) is 2.57. The Morgan fingerprint density at radius 3 is 2.05 bits per heavy atom. The van der Waals surface area contributed by atoms with Gasteiger partial charge in [0.15, 0.2) is 0 Å². The van der Waals surface area contributed by atoms with Gasteiger partial charge in [-0.05, 0) is 45.6 Å². The monoisotopic (exact) mass is 286 g/mol. The Kier molecular flexibility index (Phi) is 4.11. The average molecular weight is 286 g/mol. The van der Waals surface area contributed by atoms with Gasteiger partial charge >= 0.3 is 7.12 Å². The minimum absolute atomic E-state index is 0.00592. The lowest BCUT2D eigenvalue weighted by molar-refractivity contribution is 0.00578. The second-order valence-corrected chi connectivity index (χ2v) is 7.18. The van der Waals surface area contributed by atoms with Crippen molar-refractivity contribution >= 4 is 25.0 Å². The van der Waals surface area contributed by atoms with Gasteiger partial charge in [0, 0.05) is 5.56 Å². The lowest BCUT2D eigenvalue weighted by Gasteiger charge is -2.32. The molecule has 112 valence electrons. The van der Waals surface area contributed by atoms with Gasteiger partial charge in [-0.2, -0.15) is 0 Å². The fourth-order valence-electron chi connectivity index (χ4n) is 2.40. The number of aryl methyl sites for hydroxylation is 1. The summed E-state index contributed by atoms with van der Waals surface area (Å²) in [6, 6.07) is 5.82. The molecule has 1 aromatic rings. The molecule has 1 aliphatic rings. The summed E-state index contributed by atoms with van der Waals surface area (Å²) in [6.07, 6.45) is 0. The molecule has 0 bridgehead atoms. The topological polar surface area (TPSA) is 35.5 Å². The van der Waals surface area contributed by atoms with Crippen LogP contribution < -0.4 is 5.46 Å². The minimum atomic E-state index is -0.378. The van der Waals surface area contributed by atoms with Crippen molar-refractivity contribution in [3.8, 4) is 0 Å². The van der Waals surface area contributed by atoms with Crippen LogP contribution in [0.25, 0.3) is 0 Å². The second-order valence-electron chi connectivity index (χ2n) is 7.18. The second kappa shape index (κ2) is 5.29. The predicted octanol–water partition coefficient (Wildman–Crippen LogP) is 2.77. The summed E-state index contributed by atoms with van der Waals surface area (Å²) in [7, 11) is -0.378. The quantitative estimate of drug-likeness (QED) is 0.801. The maximum Gasteiger partial charge on any atom is 0.494 e. The highest BCUT2D eigenvalue weighted by Gasteiger charge is 2.51. The maximum absolute atomic E-state index is 12.1. The lowest BCUT2D eigenvalue weighted by Crippen LogP contribution is -2.41. The van der Waals surface area contributed by atoms with Crippen LogP contribution in [0.5, 0.6) is 0 Å². The molecule has 5 heteroatoms. The van der Waals surface area contributed by atoms with Crippen LogP contribution in [0, 0.1) is 6.92 Å². The van der Waals surface area contributed by atoms with Crippen molar-refractivity contribution in [1.29, 1.82) is 0 Å². The van der Waals surface area contributed by atoms with Crippen LogP contribution in [0.4, 0.5) is 0 Å². The van der Waals surface area contributed by atoms with Crippen molar-refractivity contribution in [2.75, 3.05) is 0 Å². The Morgan fingerprint density at radius 2 is 1.62 bits per heavy atom. The summed E-state index contributed by atoms with van der Waals surface area (Å²) in [5.41, 5.74) is 2.20. The molecule has 0 N–H and O–H groups in total. The first-order chi connectivity index (χ1) is 9.55. The van der Waals surface area contributed by atoms with Gasteiger partial charge in [0.25, 0.3) is 0 Å². The van der Waals surface area contributed by atoms with Crippen molar-refractivity contribution in [2.45, 2.75) is 59.5 Å². The summed E-state index contributed by atoms with van der Waals surface area (Å²) >= 11 is 0. The van der Waals surface area contributed by atoms with Crippen LogP contribution in [0.3, 0.4) is 0 Å². The van der Waals surface area contributed by atoms with Crippen molar-refractivity contribution in [3.63, 3.8) is 0 Å². The molecule has 0 aromatic heterocycles. The van der Waals surface area contributed by atoms with Crippen LogP contribution in [0.15, 0.2) is 18.2 Å². The standard InChI is InChI=1S/C16H24B2O3/c1-11-10-12(8-9-13(11)14(19)17(6)7)18-20-15(2,3)16(4,5)21-18/h8-10H,1-7H3. The molecule has 0 atom stereocenters. The molecule has 1 fully saturated rings. The highest BCUT2D eigenvalue weighted by atomic mass is 16.7. The molecule has 2 rings (SSSR count). The summed E-state index contributed by atoms with van der Waals surface area (Å²) in [4.78, 5) is 12.1. The van der Waals surface area contributed by atoms with Gasteiger partial charge in [-0.3, -0.25) is 0 Å². The molecule has 3 nitrogen and oxygen atoms in total. The molecule has 1 aliphatic heterocycles. The summed E-state index contributed by atoms with van der Waals surface area (Å²) < 4.78 is 12.1. The summed E-state index contributed by atoms with van der Waals surface area (Å²) in [6.45, 7) is 14.0. The van der Waals surface area contributed by atoms with Crippen molar-refractivity contribution < 1.29 is 14.1 Å². The first kappa shape index (κ1) is 16.3. The SMILES string of the molecule is CB(C)C(=O)c1ccc(B2OC(C)(C)C(C)(C)O2)cc1C. The molecule has 1 heterocycles. The van der Waals surface area contributed by atoms with Crippen molar-refractivity contribution in [1.82, 2.24) is 0 Å². The van der Waals surface area contributed by atoms with Crippen LogP contribution in [0.2, 0.25) is 13.6 Å². The molecule has 0 saturated carbocycles. The number of hydrogen-bond donors (Lipinski definition) is 0. The van der Waals surface area contributed by atoms with Gasteiger partial charge < -0.3 is 14.1 Å². The van der Waals surface area contributed by atoms with E-state index in [2.05, 4.69) is 0 Å². The molecule has 0 unspecified atom stereocenters. The number of carbonyl (C=O) groups excluding carboxylic acids is 1. The summed E-state index contributed by atoms with van der Waals surface area (Å²) in [5, 5.41) is 0. The Bertz CT molecular complexity index is 549. The fraction of sp³-hybridized carbons (Fsp3) is 0.562. The van der Waals surface area contributed by atoms with Gasteiger partial charge in [0.05, 0.1) is 11.2 Å². The molecule has 0 aliphatic carbocycles. The zero-order valence-electron chi connectivity index (χ0n) is 14.1. The molecule has 1 aromatic carbocycles. The van der Waals surface area contributed by atoms with E-state index in [1.54, 1.807) is 0 Å². The lowest BCUT2D eigenvalue weighted by atomic mass is 9.49. The normalized spacial score (nSPS) is 19.7. The van der Waals surface area contributed by atoms with E-state index in [-0.39, 0.29) is 30.7 Å². The third kappa shape index (κ3) is 2.95. The first-order valence-electron chi connectivity index (χ1n) is 7.55. The number of rotatable bonds is 3. The number of hydrogen-bond acceptors (Lipinski definition) is 3. The van der Waals surface area contributed by atoms with Crippen LogP contribution >= 0.6 is 0 Å². The largest absolute Gasteiger partial charge is 0.494 e. The fourth-order valence-corrected chi connectivity index (χ4v) is 2.40. The summed E-state index contributed by atoms with van der Waals surface area (Å²) in [5.74, 6) is 0. The van der Waals surface area contributed by atoms with E-state index in [1.807, 2.05) is 66.5 Å². The van der Waals surface area contributed by atoms with E-state index in [1.165, 1.54) is 0 Å². The number of benzene rings is 1. The van der Waals surface area contributed by atoms with Crippen LogP contribution in [-0.4, -0.2) is 30.7 Å². The van der Waals surface area contributed by atoms with Gasteiger partial charge in [-0.15, -0.1) is 0 Å². The Labute approximate surface area is 128 Å². The van der Waals surface area contributed by atoms with Gasteiger partial charge in [0.2, 0.25) is 6.71 Å². The molecule has 0 spiro atoms. The van der Waals surface area contributed by atoms with Crippen LogP contribution in [0.1, 0.15) is 43.6 Å². The van der Waals surface area contributed by atoms with Crippen molar-refractivity contribution in [2.24, 2.45) is 0 Å². The maximum atomic E-state index is 12.1. The molecule has 0 radical (unpaired) electrons. The minimum Gasteiger partial charge on any atom is -0.399 e. The highest BCUT2D eigenvalue weighted by Crippen LogP contribution is 2.36. The smallest absolute Gasteiger partial charge is 0.399 e. The first-order valence-corrected chi connectivity index (χ1v) is 7.55. The predicted molar refractivity (Wildman–Crippen MR) is 88.7 cm³/mol. The molecule has 1 saturated heterocycles. The Hall–Kier alpha value is -1.06. The van der Waals surface area contributed by atoms with E-state index in [4.69, 9.17) is 9.31 Å². The Morgan fingerprint density at radius 1 is 1.10 bits per heavy atom. The number of carbonyl (C=O) groups is 1. The van der Waals surface area contributed by atoms with E-state index < -0.39 is 0 Å². The van der Waals surface area contributed by atoms with E-state index in [0.717, 1.165) is 16.6 Å². The molecular weight excluding hydrogens is 262 g/mol. The van der Waals surface area contributed by atoms with Crippen molar-refractivity contribution in [3.05, 3.63) is 29.3 Å². The van der Waals surface area contributed by atoms with Gasteiger partial charge in [0.1, 0.15) is 5.68 Å². The van der Waals surface area contributed by atoms with E-state index in [0.29, 0.717) is 0 Å². The zero-order valence-corrected chi connectivity index (χ0v) is 14.1. The van der Waals surface area contributed by atoms with Gasteiger partial charge in [-0.25, -0.2) is 0 Å². The van der Waals surface area contributed by atoms with E-state index in [9.17, 15) is 4.79 Å². The Balaban J connectivity index is 2.28. The zero-order chi connectivity index (χ0) is 16.0. The molecule has 21 heavy (non-hydrogen) atoms. The van der Waals surface area contributed by atoms with E-state index >= 15 is 0 Å². The van der Waals surface area contributed by atoms with Gasteiger partial charge in [-0.1, -0.05) is 31.8 Å². The molecular formula is C16H24B2O3.